The average Bonchev–Trinajstić information content (AvgIpc) is 2.87. The minimum Gasteiger partial charge on any atom is -0.356 e. The van der Waals surface area contributed by atoms with Crippen molar-refractivity contribution >= 4 is 28.5 Å². The SMILES string of the molecule is CC(=O)NCCc1nc2ccccc2n1Cc1ccc(Cl)cc1. The Hall–Kier alpha value is -2.33. The van der Waals surface area contributed by atoms with Crippen LogP contribution in [0.1, 0.15) is 18.3 Å². The Bertz CT molecular complexity index is 824. The van der Waals surface area contributed by atoms with E-state index in [1.807, 2.05) is 42.5 Å². The summed E-state index contributed by atoms with van der Waals surface area (Å²) in [4.78, 5) is 15.8. The topological polar surface area (TPSA) is 46.9 Å². The van der Waals surface area contributed by atoms with Crippen LogP contribution in [0.5, 0.6) is 0 Å². The highest BCUT2D eigenvalue weighted by Crippen LogP contribution is 2.19. The highest BCUT2D eigenvalue weighted by Gasteiger charge is 2.11. The zero-order chi connectivity index (χ0) is 16.2. The van der Waals surface area contributed by atoms with Crippen LogP contribution in [0.4, 0.5) is 0 Å². The van der Waals surface area contributed by atoms with E-state index in [4.69, 9.17) is 16.6 Å². The number of aromatic nitrogens is 2. The Morgan fingerprint density at radius 2 is 1.91 bits per heavy atom. The van der Waals surface area contributed by atoms with Gasteiger partial charge in [0.2, 0.25) is 5.91 Å². The number of halogens is 1. The number of nitrogens with zero attached hydrogens (tertiary/aromatic N) is 2. The number of carbonyl (C=O) groups is 1. The number of hydrogen-bond donors (Lipinski definition) is 1. The molecule has 118 valence electrons. The molecule has 23 heavy (non-hydrogen) atoms. The summed E-state index contributed by atoms with van der Waals surface area (Å²) in [6.07, 6.45) is 0.696. The Balaban J connectivity index is 1.91. The molecule has 0 spiro atoms. The van der Waals surface area contributed by atoms with Gasteiger partial charge in [-0.05, 0) is 29.8 Å². The second-order valence-electron chi connectivity index (χ2n) is 5.46. The number of amides is 1. The van der Waals surface area contributed by atoms with Crippen molar-refractivity contribution in [1.29, 1.82) is 0 Å². The number of imidazole rings is 1. The van der Waals surface area contributed by atoms with Crippen LogP contribution in [0.2, 0.25) is 5.02 Å². The van der Waals surface area contributed by atoms with Crippen molar-refractivity contribution in [2.45, 2.75) is 19.9 Å². The van der Waals surface area contributed by atoms with Crippen LogP contribution in [0.3, 0.4) is 0 Å². The van der Waals surface area contributed by atoms with Gasteiger partial charge in [-0.1, -0.05) is 35.9 Å². The van der Waals surface area contributed by atoms with E-state index in [-0.39, 0.29) is 5.91 Å². The molecule has 3 aromatic rings. The van der Waals surface area contributed by atoms with Gasteiger partial charge in [-0.25, -0.2) is 4.98 Å². The molecule has 0 aliphatic rings. The molecule has 4 nitrogen and oxygen atoms in total. The number of para-hydroxylation sites is 2. The number of rotatable bonds is 5. The molecule has 5 heteroatoms. The van der Waals surface area contributed by atoms with Crippen molar-refractivity contribution in [3.05, 3.63) is 64.9 Å². The maximum Gasteiger partial charge on any atom is 0.216 e. The summed E-state index contributed by atoms with van der Waals surface area (Å²) in [7, 11) is 0. The molecule has 0 fully saturated rings. The van der Waals surface area contributed by atoms with Crippen LogP contribution in [0.25, 0.3) is 11.0 Å². The standard InChI is InChI=1S/C18H18ClN3O/c1-13(23)20-11-10-18-21-16-4-2-3-5-17(16)22(18)12-14-6-8-15(19)9-7-14/h2-9H,10-12H2,1H3,(H,20,23). The monoisotopic (exact) mass is 327 g/mol. The van der Waals surface area contributed by atoms with Crippen LogP contribution >= 0.6 is 11.6 Å². The molecular weight excluding hydrogens is 310 g/mol. The number of benzene rings is 2. The summed E-state index contributed by atoms with van der Waals surface area (Å²) in [5.74, 6) is 0.945. The van der Waals surface area contributed by atoms with Gasteiger partial charge >= 0.3 is 0 Å². The van der Waals surface area contributed by atoms with E-state index in [1.165, 1.54) is 12.5 Å². The van der Waals surface area contributed by atoms with Gasteiger partial charge in [-0.3, -0.25) is 4.79 Å². The summed E-state index contributed by atoms with van der Waals surface area (Å²) >= 11 is 5.96. The van der Waals surface area contributed by atoms with Crippen LogP contribution in [-0.4, -0.2) is 22.0 Å². The third-order valence-electron chi connectivity index (χ3n) is 3.71. The van der Waals surface area contributed by atoms with Gasteiger partial charge in [0.1, 0.15) is 5.82 Å². The number of hydrogen-bond acceptors (Lipinski definition) is 2. The fraction of sp³-hybridized carbons (Fsp3) is 0.222. The first-order valence-electron chi connectivity index (χ1n) is 7.56. The van der Waals surface area contributed by atoms with E-state index in [2.05, 4.69) is 16.0 Å². The van der Waals surface area contributed by atoms with Crippen molar-refractivity contribution < 1.29 is 4.79 Å². The molecule has 2 aromatic carbocycles. The Morgan fingerprint density at radius 3 is 2.65 bits per heavy atom. The van der Waals surface area contributed by atoms with E-state index < -0.39 is 0 Å². The third-order valence-corrected chi connectivity index (χ3v) is 3.96. The molecule has 0 saturated heterocycles. The minimum atomic E-state index is -0.0228. The predicted octanol–water partition coefficient (Wildman–Crippen LogP) is 3.42. The Kier molecular flexibility index (Phi) is 4.63. The van der Waals surface area contributed by atoms with Gasteiger partial charge in [0.05, 0.1) is 11.0 Å². The third kappa shape index (κ3) is 3.71. The summed E-state index contributed by atoms with van der Waals surface area (Å²) < 4.78 is 2.19. The summed E-state index contributed by atoms with van der Waals surface area (Å²) in [6, 6.07) is 15.9. The van der Waals surface area contributed by atoms with E-state index in [9.17, 15) is 4.79 Å². The molecular formula is C18H18ClN3O. The largest absolute Gasteiger partial charge is 0.356 e. The van der Waals surface area contributed by atoms with Crippen LogP contribution in [0.15, 0.2) is 48.5 Å². The fourth-order valence-electron chi connectivity index (χ4n) is 2.62. The number of carbonyl (C=O) groups excluding carboxylic acids is 1. The van der Waals surface area contributed by atoms with Gasteiger partial charge in [0.15, 0.2) is 0 Å². The first-order chi connectivity index (χ1) is 11.1. The molecule has 1 N–H and O–H groups in total. The highest BCUT2D eigenvalue weighted by atomic mass is 35.5. The van der Waals surface area contributed by atoms with Crippen LogP contribution in [0, 0.1) is 0 Å². The predicted molar refractivity (Wildman–Crippen MR) is 92.7 cm³/mol. The normalized spacial score (nSPS) is 10.9. The van der Waals surface area contributed by atoms with E-state index in [1.54, 1.807) is 0 Å². The summed E-state index contributed by atoms with van der Waals surface area (Å²) in [5, 5.41) is 3.56. The molecule has 0 aliphatic carbocycles. The van der Waals surface area contributed by atoms with Crippen molar-refractivity contribution in [2.24, 2.45) is 0 Å². The van der Waals surface area contributed by atoms with Gasteiger partial charge in [0, 0.05) is 31.5 Å². The molecule has 3 rings (SSSR count). The van der Waals surface area contributed by atoms with Crippen molar-refractivity contribution in [3.63, 3.8) is 0 Å². The quantitative estimate of drug-likeness (QED) is 0.780. The number of nitrogens with one attached hydrogen (secondary N) is 1. The van der Waals surface area contributed by atoms with Crippen molar-refractivity contribution in [2.75, 3.05) is 6.54 Å². The molecule has 0 bridgehead atoms. The lowest BCUT2D eigenvalue weighted by Gasteiger charge is -2.10. The van der Waals surface area contributed by atoms with Crippen molar-refractivity contribution in [3.8, 4) is 0 Å². The van der Waals surface area contributed by atoms with Gasteiger partial charge < -0.3 is 9.88 Å². The highest BCUT2D eigenvalue weighted by molar-refractivity contribution is 6.30. The maximum atomic E-state index is 11.1. The lowest BCUT2D eigenvalue weighted by molar-refractivity contribution is -0.118. The van der Waals surface area contributed by atoms with Gasteiger partial charge in [0.25, 0.3) is 0 Å². The average molecular weight is 328 g/mol. The number of fused-ring (bicyclic) bond motifs is 1. The van der Waals surface area contributed by atoms with Gasteiger partial charge in [-0.15, -0.1) is 0 Å². The fourth-order valence-corrected chi connectivity index (χ4v) is 2.74. The lowest BCUT2D eigenvalue weighted by Crippen LogP contribution is -2.23. The second-order valence-corrected chi connectivity index (χ2v) is 5.90. The maximum absolute atomic E-state index is 11.1. The molecule has 1 amide bonds. The molecule has 0 saturated carbocycles. The first kappa shape index (κ1) is 15.6. The molecule has 1 aromatic heterocycles. The molecule has 0 unspecified atom stereocenters. The second kappa shape index (κ2) is 6.84. The molecule has 0 atom stereocenters. The van der Waals surface area contributed by atoms with Crippen molar-refractivity contribution in [1.82, 2.24) is 14.9 Å². The smallest absolute Gasteiger partial charge is 0.216 e. The summed E-state index contributed by atoms with van der Waals surface area (Å²) in [5.41, 5.74) is 3.23. The van der Waals surface area contributed by atoms with E-state index >= 15 is 0 Å². The summed E-state index contributed by atoms with van der Waals surface area (Å²) in [6.45, 7) is 2.84. The van der Waals surface area contributed by atoms with Crippen LogP contribution < -0.4 is 5.32 Å². The van der Waals surface area contributed by atoms with Crippen LogP contribution in [-0.2, 0) is 17.8 Å². The Morgan fingerprint density at radius 1 is 1.17 bits per heavy atom. The zero-order valence-electron chi connectivity index (χ0n) is 12.9. The molecule has 0 radical (unpaired) electrons. The Labute approximate surface area is 140 Å². The minimum absolute atomic E-state index is 0.0228. The van der Waals surface area contributed by atoms with E-state index in [0.29, 0.717) is 13.0 Å². The molecule has 0 aliphatic heterocycles. The first-order valence-corrected chi connectivity index (χ1v) is 7.94. The van der Waals surface area contributed by atoms with Gasteiger partial charge in [-0.2, -0.15) is 0 Å². The zero-order valence-corrected chi connectivity index (χ0v) is 13.7. The van der Waals surface area contributed by atoms with E-state index in [0.717, 1.165) is 28.4 Å². The molecule has 1 heterocycles. The lowest BCUT2D eigenvalue weighted by atomic mass is 10.2.